The third-order valence-corrected chi connectivity index (χ3v) is 6.01. The molecule has 4 rings (SSSR count). The molecule has 1 saturated carbocycles. The summed E-state index contributed by atoms with van der Waals surface area (Å²) in [5, 5.41) is 21.9. The molecule has 2 aliphatic rings. The summed E-state index contributed by atoms with van der Waals surface area (Å²) >= 11 is 0. The second kappa shape index (κ2) is 8.67. The Morgan fingerprint density at radius 2 is 1.97 bits per heavy atom. The molecule has 8 heteroatoms. The molecule has 0 atom stereocenters. The zero-order valence-corrected chi connectivity index (χ0v) is 16.8. The van der Waals surface area contributed by atoms with Crippen LogP contribution in [0.4, 0.5) is 11.5 Å². The lowest BCUT2D eigenvalue weighted by molar-refractivity contribution is -0.122. The molecule has 0 radical (unpaired) electrons. The summed E-state index contributed by atoms with van der Waals surface area (Å²) < 4.78 is 0. The average Bonchev–Trinajstić information content (AvgIpc) is 2.70. The number of hydrogen-bond donors (Lipinski definition) is 2. The topological polar surface area (TPSA) is 110 Å². The Hall–Kier alpha value is -3.18. The third-order valence-electron chi connectivity index (χ3n) is 6.01. The van der Waals surface area contributed by atoms with E-state index >= 15 is 0 Å². The van der Waals surface area contributed by atoms with Crippen LogP contribution < -0.4 is 10.2 Å². The second-order valence-electron chi connectivity index (χ2n) is 7.92. The first kappa shape index (κ1) is 20.1. The first-order chi connectivity index (χ1) is 14.5. The summed E-state index contributed by atoms with van der Waals surface area (Å²) in [5.41, 5.74) is 1.38. The molecular weight excluding hydrogens is 382 g/mol. The molecule has 2 fully saturated rings. The van der Waals surface area contributed by atoms with Gasteiger partial charge in [0.05, 0.1) is 17.1 Å². The summed E-state index contributed by atoms with van der Waals surface area (Å²) in [6.07, 6.45) is 3.41. The predicted molar refractivity (Wildman–Crippen MR) is 114 cm³/mol. The number of piperazine rings is 1. The van der Waals surface area contributed by atoms with Crippen molar-refractivity contribution in [2.75, 3.05) is 42.9 Å². The van der Waals surface area contributed by atoms with Crippen LogP contribution in [0.1, 0.15) is 36.0 Å². The Morgan fingerprint density at radius 3 is 2.60 bits per heavy atom. The number of nitrogens with zero attached hydrogens (tertiary/aromatic N) is 4. The van der Waals surface area contributed by atoms with Crippen molar-refractivity contribution < 1.29 is 14.7 Å². The number of anilines is 2. The molecule has 1 amide bonds. The van der Waals surface area contributed by atoms with E-state index in [-0.39, 0.29) is 17.4 Å². The van der Waals surface area contributed by atoms with Crippen LogP contribution in [0.25, 0.3) is 10.9 Å². The number of pyridine rings is 1. The number of carboxylic acids is 1. The molecule has 1 saturated heterocycles. The number of amides is 1. The lowest BCUT2D eigenvalue weighted by Gasteiger charge is -2.35. The number of nitrogens with one attached hydrogen (secondary N) is 1. The molecule has 156 valence electrons. The summed E-state index contributed by atoms with van der Waals surface area (Å²) in [4.78, 5) is 33.2. The van der Waals surface area contributed by atoms with Crippen molar-refractivity contribution in [2.45, 2.75) is 25.7 Å². The number of nitriles is 1. The van der Waals surface area contributed by atoms with Crippen molar-refractivity contribution in [3.05, 3.63) is 29.8 Å². The predicted octanol–water partition coefficient (Wildman–Crippen LogP) is 2.71. The van der Waals surface area contributed by atoms with Gasteiger partial charge in [-0.3, -0.25) is 9.69 Å². The van der Waals surface area contributed by atoms with Crippen LogP contribution in [0.5, 0.6) is 0 Å². The van der Waals surface area contributed by atoms with Crippen LogP contribution in [-0.4, -0.2) is 59.6 Å². The van der Waals surface area contributed by atoms with Gasteiger partial charge in [0, 0.05) is 56.1 Å². The zero-order chi connectivity index (χ0) is 21.1. The SMILES string of the molecule is N#CCCN1CCN(c2cc(C(=O)O)c3cc(NC(=O)C4CCC4)ccc3n2)CC1. The number of carboxylic acid groups (broad SMARTS) is 1. The lowest BCUT2D eigenvalue weighted by atomic mass is 9.85. The fraction of sp³-hybridized carbons (Fsp3) is 0.455. The van der Waals surface area contributed by atoms with Gasteiger partial charge < -0.3 is 15.3 Å². The molecule has 0 spiro atoms. The number of hydrogen-bond acceptors (Lipinski definition) is 6. The second-order valence-corrected chi connectivity index (χ2v) is 7.92. The van der Waals surface area contributed by atoms with Crippen molar-refractivity contribution in [1.29, 1.82) is 5.26 Å². The minimum Gasteiger partial charge on any atom is -0.478 e. The summed E-state index contributed by atoms with van der Waals surface area (Å²) in [5.74, 6) is -0.312. The van der Waals surface area contributed by atoms with Gasteiger partial charge in [-0.1, -0.05) is 6.42 Å². The van der Waals surface area contributed by atoms with Gasteiger partial charge in [0.15, 0.2) is 0 Å². The minimum atomic E-state index is -1.02. The molecule has 1 aliphatic heterocycles. The number of aromatic nitrogens is 1. The number of carbonyl (C=O) groups is 2. The van der Waals surface area contributed by atoms with Crippen LogP contribution in [0, 0.1) is 17.2 Å². The van der Waals surface area contributed by atoms with Gasteiger partial charge >= 0.3 is 5.97 Å². The number of rotatable bonds is 6. The molecule has 8 nitrogen and oxygen atoms in total. The summed E-state index contributed by atoms with van der Waals surface area (Å²) in [7, 11) is 0. The normalized spacial score (nSPS) is 17.4. The van der Waals surface area contributed by atoms with Gasteiger partial charge in [0.2, 0.25) is 5.91 Å². The lowest BCUT2D eigenvalue weighted by Crippen LogP contribution is -2.46. The van der Waals surface area contributed by atoms with Gasteiger partial charge in [0.1, 0.15) is 5.82 Å². The molecule has 2 heterocycles. The van der Waals surface area contributed by atoms with Gasteiger partial charge in [-0.2, -0.15) is 5.26 Å². The van der Waals surface area contributed by atoms with Crippen LogP contribution >= 0.6 is 0 Å². The maximum absolute atomic E-state index is 12.2. The largest absolute Gasteiger partial charge is 0.478 e. The average molecular weight is 407 g/mol. The highest BCUT2D eigenvalue weighted by molar-refractivity contribution is 6.05. The Bertz CT molecular complexity index is 1000. The van der Waals surface area contributed by atoms with E-state index in [0.717, 1.165) is 52.0 Å². The first-order valence-corrected chi connectivity index (χ1v) is 10.4. The van der Waals surface area contributed by atoms with Crippen molar-refractivity contribution >= 4 is 34.3 Å². The van der Waals surface area contributed by atoms with E-state index in [1.54, 1.807) is 24.3 Å². The van der Waals surface area contributed by atoms with Gasteiger partial charge in [-0.25, -0.2) is 9.78 Å². The molecule has 30 heavy (non-hydrogen) atoms. The van der Waals surface area contributed by atoms with Crippen molar-refractivity contribution in [2.24, 2.45) is 5.92 Å². The maximum atomic E-state index is 12.2. The van der Waals surface area contributed by atoms with Crippen LogP contribution in [-0.2, 0) is 4.79 Å². The van der Waals surface area contributed by atoms with E-state index in [1.807, 2.05) is 0 Å². The van der Waals surface area contributed by atoms with Crippen LogP contribution in [0.15, 0.2) is 24.3 Å². The number of benzene rings is 1. The van der Waals surface area contributed by atoms with E-state index in [9.17, 15) is 14.7 Å². The van der Waals surface area contributed by atoms with E-state index in [1.165, 1.54) is 0 Å². The Morgan fingerprint density at radius 1 is 1.20 bits per heavy atom. The van der Waals surface area contributed by atoms with Crippen molar-refractivity contribution in [3.63, 3.8) is 0 Å². The van der Waals surface area contributed by atoms with Gasteiger partial charge in [-0.05, 0) is 37.1 Å². The van der Waals surface area contributed by atoms with E-state index in [2.05, 4.69) is 21.2 Å². The standard InChI is InChI=1S/C22H25N5O3/c23-7-2-8-26-9-11-27(12-10-26)20-14-18(22(29)30)17-13-16(5-6-19(17)25-20)24-21(28)15-3-1-4-15/h5-6,13-15H,1-4,8-12H2,(H,24,28)(H,29,30). The minimum absolute atomic E-state index is 0.00340. The highest BCUT2D eigenvalue weighted by Crippen LogP contribution is 2.30. The monoisotopic (exact) mass is 407 g/mol. The molecule has 0 unspecified atom stereocenters. The fourth-order valence-electron chi connectivity index (χ4n) is 3.95. The Labute approximate surface area is 175 Å². The Kier molecular flexibility index (Phi) is 5.81. The smallest absolute Gasteiger partial charge is 0.336 e. The quantitative estimate of drug-likeness (QED) is 0.758. The highest BCUT2D eigenvalue weighted by atomic mass is 16.4. The number of aromatic carboxylic acids is 1. The number of carbonyl (C=O) groups excluding carboxylic acids is 1. The molecule has 2 N–H and O–H groups in total. The summed E-state index contributed by atoms with van der Waals surface area (Å²) in [6.45, 7) is 3.86. The van der Waals surface area contributed by atoms with Gasteiger partial charge in [0.25, 0.3) is 0 Å². The summed E-state index contributed by atoms with van der Waals surface area (Å²) in [6, 6.07) is 9.03. The van der Waals surface area contributed by atoms with Crippen molar-refractivity contribution in [3.8, 4) is 6.07 Å². The molecule has 0 bridgehead atoms. The van der Waals surface area contributed by atoms with E-state index < -0.39 is 5.97 Å². The molecule has 1 aliphatic carbocycles. The Balaban J connectivity index is 1.56. The maximum Gasteiger partial charge on any atom is 0.336 e. The van der Waals surface area contributed by atoms with Crippen LogP contribution in [0.2, 0.25) is 0 Å². The van der Waals surface area contributed by atoms with Crippen LogP contribution in [0.3, 0.4) is 0 Å². The zero-order valence-electron chi connectivity index (χ0n) is 16.8. The van der Waals surface area contributed by atoms with Crippen molar-refractivity contribution in [1.82, 2.24) is 9.88 Å². The third kappa shape index (κ3) is 4.21. The van der Waals surface area contributed by atoms with E-state index in [4.69, 9.17) is 10.2 Å². The fourth-order valence-corrected chi connectivity index (χ4v) is 3.95. The van der Waals surface area contributed by atoms with E-state index in [0.29, 0.717) is 28.8 Å². The first-order valence-electron chi connectivity index (χ1n) is 10.4. The van der Waals surface area contributed by atoms with Gasteiger partial charge in [-0.15, -0.1) is 0 Å². The molecular formula is C22H25N5O3. The number of fused-ring (bicyclic) bond motifs is 1. The molecule has 1 aromatic heterocycles. The highest BCUT2D eigenvalue weighted by Gasteiger charge is 2.25. The molecule has 2 aromatic rings. The molecule has 1 aromatic carbocycles.